The molecule has 0 aliphatic heterocycles. The first-order chi connectivity index (χ1) is 19.1. The van der Waals surface area contributed by atoms with Gasteiger partial charge in [0.15, 0.2) is 0 Å². The minimum atomic E-state index is -0.737. The van der Waals surface area contributed by atoms with Crippen molar-refractivity contribution < 1.29 is 19.4 Å². The van der Waals surface area contributed by atoms with E-state index in [1.165, 1.54) is 76.0 Å². The largest absolute Gasteiger partial charge is 0.492 e. The van der Waals surface area contributed by atoms with Gasteiger partial charge in [-0.05, 0) is 30.4 Å². The summed E-state index contributed by atoms with van der Waals surface area (Å²) in [5.41, 5.74) is 0.594. The summed E-state index contributed by atoms with van der Waals surface area (Å²) >= 11 is 1.46. The molecule has 218 valence electrons. The van der Waals surface area contributed by atoms with Gasteiger partial charge in [0.05, 0.1) is 6.61 Å². The normalized spacial score (nSPS) is 11.9. The van der Waals surface area contributed by atoms with E-state index < -0.39 is 11.2 Å². The molecule has 2 N–H and O–H groups in total. The molecule has 0 saturated heterocycles. The molecule has 0 aliphatic carbocycles. The lowest BCUT2D eigenvalue weighted by Gasteiger charge is -2.14. The van der Waals surface area contributed by atoms with Crippen LogP contribution in [-0.2, 0) is 4.79 Å². The fraction of sp³-hybridized carbons (Fsp3) is 0.636. The number of carboxylic acid groups (broad SMARTS) is 1. The maximum absolute atomic E-state index is 12.8. The van der Waals surface area contributed by atoms with E-state index in [9.17, 15) is 14.7 Å². The van der Waals surface area contributed by atoms with E-state index >= 15 is 0 Å². The Bertz CT molecular complexity index is 964. The average molecular weight is 558 g/mol. The van der Waals surface area contributed by atoms with Gasteiger partial charge in [-0.1, -0.05) is 122 Å². The molecule has 0 radical (unpaired) electrons. The third-order valence-electron chi connectivity index (χ3n) is 7.16. The highest BCUT2D eigenvalue weighted by atomic mass is 32.2. The Hall–Kier alpha value is -2.21. The highest BCUT2D eigenvalue weighted by Gasteiger charge is 2.17. The van der Waals surface area contributed by atoms with Crippen LogP contribution in [0.25, 0.3) is 10.8 Å². The highest BCUT2D eigenvalue weighted by Crippen LogP contribution is 2.28. The van der Waals surface area contributed by atoms with Crippen LogP contribution in [0.1, 0.15) is 121 Å². The van der Waals surface area contributed by atoms with E-state index in [0.29, 0.717) is 36.6 Å². The minimum absolute atomic E-state index is 0.0843. The van der Waals surface area contributed by atoms with Crippen molar-refractivity contribution in [3.05, 3.63) is 42.0 Å². The number of rotatable bonds is 23. The lowest BCUT2D eigenvalue weighted by atomic mass is 10.1. The van der Waals surface area contributed by atoms with Crippen molar-refractivity contribution in [3.63, 3.8) is 0 Å². The third kappa shape index (κ3) is 13.6. The van der Waals surface area contributed by atoms with Gasteiger partial charge >= 0.3 is 5.97 Å². The maximum Gasteiger partial charge on any atom is 0.316 e. The molecule has 0 aliphatic rings. The van der Waals surface area contributed by atoms with Gasteiger partial charge in [0.2, 0.25) is 0 Å². The number of unbranched alkanes of at least 4 members (excludes halogenated alkanes) is 12. The number of benzene rings is 2. The summed E-state index contributed by atoms with van der Waals surface area (Å²) in [5, 5.41) is 14.2. The summed E-state index contributed by atoms with van der Waals surface area (Å²) in [6.07, 6.45) is 17.7. The van der Waals surface area contributed by atoms with E-state index in [1.807, 2.05) is 36.4 Å². The lowest BCUT2D eigenvalue weighted by Crippen LogP contribution is -2.24. The Morgan fingerprint density at radius 3 is 2.13 bits per heavy atom. The van der Waals surface area contributed by atoms with Gasteiger partial charge in [0, 0.05) is 23.2 Å². The Morgan fingerprint density at radius 1 is 0.846 bits per heavy atom. The first-order valence-electron chi connectivity index (χ1n) is 15.3. The number of aliphatic carboxylic acids is 1. The van der Waals surface area contributed by atoms with Crippen molar-refractivity contribution in [3.8, 4) is 5.75 Å². The summed E-state index contributed by atoms with van der Waals surface area (Å²) in [6.45, 7) is 5.50. The number of thioether (sulfide) groups is 1. The average Bonchev–Trinajstić information content (AvgIpc) is 2.94. The summed E-state index contributed by atoms with van der Waals surface area (Å²) in [7, 11) is 0. The number of carbonyl (C=O) groups is 2. The van der Waals surface area contributed by atoms with Crippen molar-refractivity contribution in [2.75, 3.05) is 18.9 Å². The van der Waals surface area contributed by atoms with Crippen molar-refractivity contribution in [1.29, 1.82) is 0 Å². The Morgan fingerprint density at radius 2 is 1.46 bits per heavy atom. The second-order valence-electron chi connectivity index (χ2n) is 10.5. The van der Waals surface area contributed by atoms with Crippen LogP contribution in [0.5, 0.6) is 5.75 Å². The second-order valence-corrected chi connectivity index (χ2v) is 11.8. The molecule has 2 aromatic rings. The molecule has 39 heavy (non-hydrogen) atoms. The summed E-state index contributed by atoms with van der Waals surface area (Å²) in [5.74, 6) is 0.445. The van der Waals surface area contributed by atoms with E-state index in [-0.39, 0.29) is 5.91 Å². The van der Waals surface area contributed by atoms with Gasteiger partial charge < -0.3 is 15.2 Å². The Labute approximate surface area is 240 Å². The van der Waals surface area contributed by atoms with Crippen LogP contribution in [-0.4, -0.2) is 41.1 Å². The first kappa shape index (κ1) is 33.0. The molecule has 2 rings (SSSR count). The number of hydrogen-bond acceptors (Lipinski definition) is 4. The summed E-state index contributed by atoms with van der Waals surface area (Å²) < 4.78 is 6.11. The number of ether oxygens (including phenoxy) is 1. The molecule has 0 heterocycles. The fourth-order valence-electron chi connectivity index (χ4n) is 4.82. The van der Waals surface area contributed by atoms with Crippen molar-refractivity contribution in [2.24, 2.45) is 0 Å². The highest BCUT2D eigenvalue weighted by molar-refractivity contribution is 8.00. The lowest BCUT2D eigenvalue weighted by molar-refractivity contribution is -0.136. The Kier molecular flexibility index (Phi) is 17.5. The van der Waals surface area contributed by atoms with Crippen LogP contribution in [0.15, 0.2) is 36.4 Å². The fourth-order valence-corrected chi connectivity index (χ4v) is 5.76. The van der Waals surface area contributed by atoms with Crippen LogP contribution in [0.3, 0.4) is 0 Å². The van der Waals surface area contributed by atoms with Crippen molar-refractivity contribution in [2.45, 2.75) is 115 Å². The van der Waals surface area contributed by atoms with Crippen LogP contribution in [0.4, 0.5) is 0 Å². The van der Waals surface area contributed by atoms with Crippen molar-refractivity contribution in [1.82, 2.24) is 5.32 Å². The van der Waals surface area contributed by atoms with E-state index in [2.05, 4.69) is 19.2 Å². The van der Waals surface area contributed by atoms with E-state index in [0.717, 1.165) is 36.5 Å². The van der Waals surface area contributed by atoms with E-state index in [4.69, 9.17) is 4.74 Å². The molecule has 0 spiro atoms. The molecule has 1 amide bonds. The van der Waals surface area contributed by atoms with Crippen LogP contribution in [0.2, 0.25) is 0 Å². The van der Waals surface area contributed by atoms with Crippen LogP contribution < -0.4 is 10.1 Å². The summed E-state index contributed by atoms with van der Waals surface area (Å²) in [4.78, 5) is 24.6. The minimum Gasteiger partial charge on any atom is -0.492 e. The Balaban J connectivity index is 1.77. The molecule has 2 aromatic carbocycles. The first-order valence-corrected chi connectivity index (χ1v) is 16.4. The molecule has 0 saturated carbocycles. The molecule has 1 unspecified atom stereocenters. The zero-order chi connectivity index (χ0) is 28.1. The molecule has 0 aromatic heterocycles. The molecular weight excluding hydrogens is 506 g/mol. The standard InChI is InChI=1S/C33H51NO4S/c1-3-5-7-9-10-11-12-13-14-15-21-31(33(36)37)39-24-23-38-30-26-28(25-27-19-16-17-20-29(27)30)32(35)34-22-18-8-6-4-2/h16-17,19-20,25-26,31H,3-15,18,21-24H2,1-2H3,(H,34,35)(H,36,37). The maximum atomic E-state index is 12.8. The zero-order valence-corrected chi connectivity index (χ0v) is 25.2. The number of amides is 1. The predicted molar refractivity (Wildman–Crippen MR) is 166 cm³/mol. The van der Waals surface area contributed by atoms with Crippen LogP contribution in [0, 0.1) is 0 Å². The predicted octanol–water partition coefficient (Wildman–Crippen LogP) is 9.03. The van der Waals surface area contributed by atoms with Gasteiger partial charge in [-0.25, -0.2) is 0 Å². The zero-order valence-electron chi connectivity index (χ0n) is 24.3. The summed E-state index contributed by atoms with van der Waals surface area (Å²) in [6, 6.07) is 11.6. The van der Waals surface area contributed by atoms with Gasteiger partial charge in [0.25, 0.3) is 5.91 Å². The smallest absolute Gasteiger partial charge is 0.316 e. The van der Waals surface area contributed by atoms with Gasteiger partial charge in [0.1, 0.15) is 11.0 Å². The molecule has 1 atom stereocenters. The topological polar surface area (TPSA) is 75.6 Å². The van der Waals surface area contributed by atoms with Gasteiger partial charge in [-0.3, -0.25) is 9.59 Å². The number of fused-ring (bicyclic) bond motifs is 1. The number of nitrogens with one attached hydrogen (secondary N) is 1. The van der Waals surface area contributed by atoms with E-state index in [1.54, 1.807) is 0 Å². The SMILES string of the molecule is CCCCCCCCCCCCC(SCCOc1cc(C(=O)NCCCCCC)cc2ccccc12)C(=O)O. The number of hydrogen-bond donors (Lipinski definition) is 2. The van der Waals surface area contributed by atoms with Crippen LogP contribution >= 0.6 is 11.8 Å². The second kappa shape index (κ2) is 20.7. The molecule has 0 bridgehead atoms. The van der Waals surface area contributed by atoms with Crippen molar-refractivity contribution >= 4 is 34.4 Å². The van der Waals surface area contributed by atoms with Gasteiger partial charge in [-0.2, -0.15) is 0 Å². The monoisotopic (exact) mass is 557 g/mol. The molecule has 0 fully saturated rings. The molecular formula is C33H51NO4S. The quantitative estimate of drug-likeness (QED) is 0.133. The molecule has 5 nitrogen and oxygen atoms in total. The van der Waals surface area contributed by atoms with Gasteiger partial charge in [-0.15, -0.1) is 11.8 Å². The number of carboxylic acids is 1. The number of carbonyl (C=O) groups excluding carboxylic acids is 1. The molecule has 6 heteroatoms. The third-order valence-corrected chi connectivity index (χ3v) is 8.40.